The van der Waals surface area contributed by atoms with Gasteiger partial charge in [-0.15, -0.1) is 11.8 Å². The van der Waals surface area contributed by atoms with Gasteiger partial charge < -0.3 is 4.90 Å². The van der Waals surface area contributed by atoms with Crippen LogP contribution in [0.25, 0.3) is 0 Å². The molecule has 0 aromatic heterocycles. The Labute approximate surface area is 168 Å². The van der Waals surface area contributed by atoms with Crippen molar-refractivity contribution < 1.29 is 14.0 Å². The van der Waals surface area contributed by atoms with E-state index in [-0.39, 0.29) is 28.9 Å². The number of aryl methyl sites for hydroxylation is 1. The molecule has 0 N–H and O–H groups in total. The third-order valence-corrected chi connectivity index (χ3v) is 7.07. The van der Waals surface area contributed by atoms with Crippen LogP contribution in [0.5, 0.6) is 0 Å². The fraction of sp³-hybridized carbons (Fsp3) is 0.364. The smallest absolute Gasteiger partial charge is 0.238 e. The third-order valence-electron chi connectivity index (χ3n) is 5.55. The predicted octanol–water partition coefficient (Wildman–Crippen LogP) is 3.78. The molecule has 2 heterocycles. The van der Waals surface area contributed by atoms with E-state index in [1.807, 2.05) is 34.9 Å². The lowest BCUT2D eigenvalue weighted by Crippen LogP contribution is -2.53. The van der Waals surface area contributed by atoms with Crippen LogP contribution in [-0.2, 0) is 16.0 Å². The number of halogens is 1. The minimum atomic E-state index is -0.296. The summed E-state index contributed by atoms with van der Waals surface area (Å²) < 4.78 is 13.1. The zero-order valence-corrected chi connectivity index (χ0v) is 16.7. The van der Waals surface area contributed by atoms with Gasteiger partial charge in [-0.25, -0.2) is 4.39 Å². The van der Waals surface area contributed by atoms with Gasteiger partial charge in [-0.1, -0.05) is 24.3 Å². The number of nitrogens with zero attached hydrogens (tertiary/aromatic N) is 2. The number of hydrogen-bond donors (Lipinski definition) is 0. The van der Waals surface area contributed by atoms with Gasteiger partial charge in [0.1, 0.15) is 5.82 Å². The molecule has 0 unspecified atom stereocenters. The van der Waals surface area contributed by atoms with E-state index in [2.05, 4.69) is 6.07 Å². The van der Waals surface area contributed by atoms with Gasteiger partial charge in [0.2, 0.25) is 11.8 Å². The molecule has 2 aromatic carbocycles. The lowest BCUT2D eigenvalue weighted by Gasteiger charge is -2.44. The van der Waals surface area contributed by atoms with Crippen molar-refractivity contribution in [1.82, 2.24) is 4.90 Å². The number of likely N-dealkylation sites (tertiary alicyclic amines) is 1. The van der Waals surface area contributed by atoms with E-state index in [1.54, 1.807) is 23.9 Å². The molecule has 0 saturated carbocycles. The largest absolute Gasteiger partial charge is 0.342 e. The van der Waals surface area contributed by atoms with Crippen LogP contribution in [0, 0.1) is 12.7 Å². The SMILES string of the molecule is Cc1cccc(N2C(=O)CSC23CCN(C(=O)Cc2ccc(F)cc2)CC3)c1. The molecule has 2 fully saturated rings. The molecular formula is C22H23FN2O2S. The Morgan fingerprint density at radius 2 is 1.86 bits per heavy atom. The van der Waals surface area contributed by atoms with Gasteiger partial charge in [0.15, 0.2) is 0 Å². The fourth-order valence-corrected chi connectivity index (χ4v) is 5.39. The second-order valence-electron chi connectivity index (χ2n) is 7.49. The number of carbonyl (C=O) groups excluding carboxylic acids is 2. The molecule has 2 saturated heterocycles. The monoisotopic (exact) mass is 398 g/mol. The first kappa shape index (κ1) is 19.0. The number of hydrogen-bond acceptors (Lipinski definition) is 3. The Morgan fingerprint density at radius 3 is 2.54 bits per heavy atom. The number of amides is 2. The van der Waals surface area contributed by atoms with Gasteiger partial charge in [-0.2, -0.15) is 0 Å². The van der Waals surface area contributed by atoms with Gasteiger partial charge in [0.25, 0.3) is 0 Å². The molecule has 4 nitrogen and oxygen atoms in total. The zero-order chi connectivity index (χ0) is 19.7. The molecule has 4 rings (SSSR count). The van der Waals surface area contributed by atoms with Crippen LogP contribution in [0.1, 0.15) is 24.0 Å². The van der Waals surface area contributed by atoms with Crippen LogP contribution >= 0.6 is 11.8 Å². The predicted molar refractivity (Wildman–Crippen MR) is 110 cm³/mol. The van der Waals surface area contributed by atoms with Gasteiger partial charge in [0.05, 0.1) is 17.0 Å². The van der Waals surface area contributed by atoms with Crippen molar-refractivity contribution in [3.63, 3.8) is 0 Å². The van der Waals surface area contributed by atoms with Gasteiger partial charge >= 0.3 is 0 Å². The molecule has 0 aliphatic carbocycles. The van der Waals surface area contributed by atoms with Gasteiger partial charge in [0, 0.05) is 18.8 Å². The molecule has 6 heteroatoms. The second-order valence-corrected chi connectivity index (χ2v) is 8.82. The van der Waals surface area contributed by atoms with E-state index >= 15 is 0 Å². The van der Waals surface area contributed by atoms with Crippen LogP contribution in [-0.4, -0.2) is 40.4 Å². The minimum absolute atomic E-state index is 0.0536. The molecule has 0 bridgehead atoms. The maximum Gasteiger partial charge on any atom is 0.238 e. The van der Waals surface area contributed by atoms with Crippen molar-refractivity contribution >= 4 is 29.3 Å². The molecule has 0 atom stereocenters. The Kier molecular flexibility index (Phi) is 5.15. The van der Waals surface area contributed by atoms with Gasteiger partial charge in [-0.05, 0) is 55.2 Å². The average Bonchev–Trinajstić information content (AvgIpc) is 3.00. The summed E-state index contributed by atoms with van der Waals surface area (Å²) in [5, 5.41) is 0. The van der Waals surface area contributed by atoms with Crippen molar-refractivity contribution in [3.05, 3.63) is 65.5 Å². The Morgan fingerprint density at radius 1 is 1.14 bits per heavy atom. The number of rotatable bonds is 3. The van der Waals surface area contributed by atoms with Crippen molar-refractivity contribution in [1.29, 1.82) is 0 Å². The molecule has 2 amide bonds. The number of piperidine rings is 1. The van der Waals surface area contributed by atoms with Crippen LogP contribution in [0.2, 0.25) is 0 Å². The van der Waals surface area contributed by atoms with Gasteiger partial charge in [-0.3, -0.25) is 14.5 Å². The van der Waals surface area contributed by atoms with E-state index in [1.165, 1.54) is 12.1 Å². The summed E-state index contributed by atoms with van der Waals surface area (Å²) in [5.74, 6) is 0.382. The van der Waals surface area contributed by atoms with Crippen molar-refractivity contribution in [2.75, 3.05) is 23.7 Å². The summed E-state index contributed by atoms with van der Waals surface area (Å²) >= 11 is 1.70. The summed E-state index contributed by atoms with van der Waals surface area (Å²) in [6.45, 7) is 3.28. The van der Waals surface area contributed by atoms with Crippen molar-refractivity contribution in [3.8, 4) is 0 Å². The third kappa shape index (κ3) is 3.65. The van der Waals surface area contributed by atoms with Crippen LogP contribution in [0.3, 0.4) is 0 Å². The minimum Gasteiger partial charge on any atom is -0.342 e. The fourth-order valence-electron chi connectivity index (χ4n) is 4.06. The summed E-state index contributed by atoms with van der Waals surface area (Å²) in [6.07, 6.45) is 1.79. The average molecular weight is 399 g/mol. The molecular weight excluding hydrogens is 375 g/mol. The van der Waals surface area contributed by atoms with Crippen molar-refractivity contribution in [2.24, 2.45) is 0 Å². The van der Waals surface area contributed by atoms with Crippen LogP contribution in [0.4, 0.5) is 10.1 Å². The number of anilines is 1. The number of carbonyl (C=O) groups is 2. The zero-order valence-electron chi connectivity index (χ0n) is 15.9. The first-order chi connectivity index (χ1) is 13.5. The highest BCUT2D eigenvalue weighted by Gasteiger charge is 2.49. The molecule has 2 aliphatic rings. The maximum atomic E-state index is 13.1. The van der Waals surface area contributed by atoms with E-state index in [4.69, 9.17) is 0 Å². The lowest BCUT2D eigenvalue weighted by molar-refractivity contribution is -0.131. The Hall–Kier alpha value is -2.34. The summed E-state index contributed by atoms with van der Waals surface area (Å²) in [5.41, 5.74) is 2.89. The molecule has 1 spiro atoms. The molecule has 146 valence electrons. The highest BCUT2D eigenvalue weighted by molar-refractivity contribution is 8.02. The molecule has 2 aliphatic heterocycles. The standard InChI is InChI=1S/C22H23FN2O2S/c1-16-3-2-4-19(13-16)25-21(27)15-28-22(25)9-11-24(12-10-22)20(26)14-17-5-7-18(23)8-6-17/h2-8,13H,9-12,14-15H2,1H3. The summed E-state index contributed by atoms with van der Waals surface area (Å²) in [4.78, 5) is 28.9. The van der Waals surface area contributed by atoms with E-state index < -0.39 is 0 Å². The van der Waals surface area contributed by atoms with Crippen LogP contribution in [0.15, 0.2) is 48.5 Å². The van der Waals surface area contributed by atoms with E-state index in [9.17, 15) is 14.0 Å². The number of thioether (sulfide) groups is 1. The Bertz CT molecular complexity index is 892. The Balaban J connectivity index is 1.45. The first-order valence-electron chi connectivity index (χ1n) is 9.53. The normalized spacial score (nSPS) is 18.7. The second kappa shape index (κ2) is 7.59. The van der Waals surface area contributed by atoms with Crippen molar-refractivity contribution in [2.45, 2.75) is 31.1 Å². The molecule has 2 aromatic rings. The topological polar surface area (TPSA) is 40.6 Å². The highest BCUT2D eigenvalue weighted by Crippen LogP contribution is 2.46. The number of benzene rings is 2. The highest BCUT2D eigenvalue weighted by atomic mass is 32.2. The lowest BCUT2D eigenvalue weighted by atomic mass is 10.00. The summed E-state index contributed by atoms with van der Waals surface area (Å²) in [6, 6.07) is 14.1. The van der Waals surface area contributed by atoms with E-state index in [0.717, 1.165) is 29.7 Å². The molecule has 0 radical (unpaired) electrons. The van der Waals surface area contributed by atoms with Crippen LogP contribution < -0.4 is 4.90 Å². The maximum absolute atomic E-state index is 13.1. The summed E-state index contributed by atoms with van der Waals surface area (Å²) in [7, 11) is 0. The quantitative estimate of drug-likeness (QED) is 0.790. The molecule has 28 heavy (non-hydrogen) atoms. The van der Waals surface area contributed by atoms with E-state index in [0.29, 0.717) is 18.8 Å². The first-order valence-corrected chi connectivity index (χ1v) is 10.5.